The van der Waals surface area contributed by atoms with Crippen LogP contribution < -0.4 is 5.32 Å². The number of hydrogen-bond acceptors (Lipinski definition) is 3. The molecule has 1 atom stereocenters. The van der Waals surface area contributed by atoms with Crippen molar-refractivity contribution in [3.63, 3.8) is 0 Å². The third-order valence-electron chi connectivity index (χ3n) is 4.65. The number of carbonyl (C=O) groups excluding carboxylic acids is 1. The first-order chi connectivity index (χ1) is 9.06. The number of nitrogens with one attached hydrogen (secondary N) is 1. The lowest BCUT2D eigenvalue weighted by atomic mass is 9.89. The number of nitrogens with zero attached hydrogens (tertiary/aromatic N) is 1. The van der Waals surface area contributed by atoms with Crippen molar-refractivity contribution in [2.24, 2.45) is 0 Å². The first-order valence-corrected chi connectivity index (χ1v) is 7.73. The Morgan fingerprint density at radius 2 is 1.89 bits per heavy atom. The van der Waals surface area contributed by atoms with Gasteiger partial charge in [0.2, 0.25) is 5.91 Å². The molecule has 1 heterocycles. The number of amides is 1. The average Bonchev–Trinajstić information content (AvgIpc) is 2.63. The maximum Gasteiger partial charge on any atom is 0.237 e. The Kier molecular flexibility index (Phi) is 4.85. The Labute approximate surface area is 116 Å². The molecule has 0 spiro atoms. The summed E-state index contributed by atoms with van der Waals surface area (Å²) in [6.07, 6.45) is 8.11. The van der Waals surface area contributed by atoms with Crippen molar-refractivity contribution in [1.82, 2.24) is 10.2 Å². The van der Waals surface area contributed by atoms with Gasteiger partial charge in [-0.15, -0.1) is 0 Å². The topological polar surface area (TPSA) is 52.6 Å². The number of aliphatic hydroxyl groups is 1. The summed E-state index contributed by atoms with van der Waals surface area (Å²) < 4.78 is 0. The van der Waals surface area contributed by atoms with Crippen LogP contribution in [-0.2, 0) is 4.79 Å². The Morgan fingerprint density at radius 3 is 2.47 bits per heavy atom. The standard InChI is InChI=1S/C15H28N2O2/c1-15(2)11-16-14(19)13(9-10-18)17(15)12-7-5-3-4-6-8-12/h12-13,18H,3-11H2,1-2H3,(H,16,19). The van der Waals surface area contributed by atoms with Gasteiger partial charge in [0.15, 0.2) is 0 Å². The summed E-state index contributed by atoms with van der Waals surface area (Å²) in [4.78, 5) is 14.6. The molecule has 2 aliphatic rings. The van der Waals surface area contributed by atoms with Gasteiger partial charge in [0.1, 0.15) is 0 Å². The fourth-order valence-electron chi connectivity index (χ4n) is 3.74. The molecule has 2 N–H and O–H groups in total. The van der Waals surface area contributed by atoms with E-state index in [9.17, 15) is 9.90 Å². The SMILES string of the molecule is CC1(C)CNC(=O)C(CCO)N1C1CCCCCC1. The van der Waals surface area contributed by atoms with Crippen molar-refractivity contribution in [1.29, 1.82) is 0 Å². The highest BCUT2D eigenvalue weighted by atomic mass is 16.3. The number of rotatable bonds is 3. The van der Waals surface area contributed by atoms with Gasteiger partial charge in [0.05, 0.1) is 6.04 Å². The van der Waals surface area contributed by atoms with Crippen LogP contribution in [0, 0.1) is 0 Å². The van der Waals surface area contributed by atoms with Gasteiger partial charge in [-0.1, -0.05) is 25.7 Å². The van der Waals surface area contributed by atoms with Crippen LogP contribution in [0.4, 0.5) is 0 Å². The van der Waals surface area contributed by atoms with E-state index in [1.54, 1.807) is 0 Å². The van der Waals surface area contributed by atoms with E-state index >= 15 is 0 Å². The van der Waals surface area contributed by atoms with E-state index in [-0.39, 0.29) is 24.1 Å². The smallest absolute Gasteiger partial charge is 0.237 e. The molecule has 1 amide bonds. The Hall–Kier alpha value is -0.610. The van der Waals surface area contributed by atoms with Gasteiger partial charge >= 0.3 is 0 Å². The fourth-order valence-corrected chi connectivity index (χ4v) is 3.74. The van der Waals surface area contributed by atoms with Crippen molar-refractivity contribution < 1.29 is 9.90 Å². The summed E-state index contributed by atoms with van der Waals surface area (Å²) in [5, 5.41) is 12.3. The number of hydrogen-bond donors (Lipinski definition) is 2. The first kappa shape index (κ1) is 14.8. The number of aliphatic hydroxyl groups excluding tert-OH is 1. The second kappa shape index (κ2) is 6.23. The third kappa shape index (κ3) is 3.29. The predicted octanol–water partition coefficient (Wildman–Crippen LogP) is 1.67. The highest BCUT2D eigenvalue weighted by Crippen LogP contribution is 2.32. The minimum absolute atomic E-state index is 0.0112. The van der Waals surface area contributed by atoms with E-state index in [2.05, 4.69) is 24.1 Å². The molecule has 1 saturated carbocycles. The minimum atomic E-state index is -0.156. The lowest BCUT2D eigenvalue weighted by Gasteiger charge is -2.51. The largest absolute Gasteiger partial charge is 0.396 e. The van der Waals surface area contributed by atoms with Crippen LogP contribution in [0.2, 0.25) is 0 Å². The summed E-state index contributed by atoms with van der Waals surface area (Å²) >= 11 is 0. The first-order valence-electron chi connectivity index (χ1n) is 7.73. The quantitative estimate of drug-likeness (QED) is 0.766. The fraction of sp³-hybridized carbons (Fsp3) is 0.933. The highest BCUT2D eigenvalue weighted by molar-refractivity contribution is 5.82. The third-order valence-corrected chi connectivity index (χ3v) is 4.65. The molecule has 19 heavy (non-hydrogen) atoms. The zero-order chi connectivity index (χ0) is 13.9. The molecule has 0 radical (unpaired) electrons. The molecular formula is C15H28N2O2. The van der Waals surface area contributed by atoms with Gasteiger partial charge in [-0.2, -0.15) is 0 Å². The molecule has 4 nitrogen and oxygen atoms in total. The molecule has 0 aromatic rings. The highest BCUT2D eigenvalue weighted by Gasteiger charge is 2.44. The summed E-state index contributed by atoms with van der Waals surface area (Å²) in [6.45, 7) is 5.21. The maximum atomic E-state index is 12.1. The summed E-state index contributed by atoms with van der Waals surface area (Å²) in [5.74, 6) is 0.0950. The van der Waals surface area contributed by atoms with Crippen molar-refractivity contribution in [2.75, 3.05) is 13.2 Å². The Balaban J connectivity index is 2.20. The second-order valence-corrected chi connectivity index (χ2v) is 6.61. The molecule has 1 aliphatic heterocycles. The van der Waals surface area contributed by atoms with E-state index in [1.165, 1.54) is 38.5 Å². The van der Waals surface area contributed by atoms with E-state index in [0.717, 1.165) is 0 Å². The average molecular weight is 268 g/mol. The van der Waals surface area contributed by atoms with Gasteiger partial charge < -0.3 is 10.4 Å². The van der Waals surface area contributed by atoms with Crippen LogP contribution in [0.3, 0.4) is 0 Å². The molecule has 2 fully saturated rings. The number of piperazine rings is 1. The van der Waals surface area contributed by atoms with E-state index in [0.29, 0.717) is 19.0 Å². The zero-order valence-corrected chi connectivity index (χ0v) is 12.3. The molecule has 2 rings (SSSR count). The second-order valence-electron chi connectivity index (χ2n) is 6.61. The molecule has 110 valence electrons. The Morgan fingerprint density at radius 1 is 1.26 bits per heavy atom. The molecule has 0 aromatic carbocycles. The summed E-state index contributed by atoms with van der Waals surface area (Å²) in [7, 11) is 0. The van der Waals surface area contributed by atoms with Crippen LogP contribution in [0.25, 0.3) is 0 Å². The van der Waals surface area contributed by atoms with Gasteiger partial charge in [-0.3, -0.25) is 9.69 Å². The van der Waals surface area contributed by atoms with Crippen LogP contribution in [0.1, 0.15) is 58.8 Å². The number of carbonyl (C=O) groups is 1. The molecule has 1 aliphatic carbocycles. The molecule has 1 unspecified atom stereocenters. The lowest BCUT2D eigenvalue weighted by molar-refractivity contribution is -0.138. The van der Waals surface area contributed by atoms with Gasteiger partial charge in [0, 0.05) is 24.7 Å². The van der Waals surface area contributed by atoms with Crippen LogP contribution in [0.5, 0.6) is 0 Å². The van der Waals surface area contributed by atoms with Crippen LogP contribution in [-0.4, -0.2) is 46.7 Å². The van der Waals surface area contributed by atoms with E-state index in [1.807, 2.05) is 0 Å². The van der Waals surface area contributed by atoms with Gasteiger partial charge in [-0.05, 0) is 33.1 Å². The van der Waals surface area contributed by atoms with Gasteiger partial charge in [0.25, 0.3) is 0 Å². The van der Waals surface area contributed by atoms with Crippen LogP contribution in [0.15, 0.2) is 0 Å². The van der Waals surface area contributed by atoms with Crippen molar-refractivity contribution >= 4 is 5.91 Å². The van der Waals surface area contributed by atoms with Crippen molar-refractivity contribution in [3.8, 4) is 0 Å². The predicted molar refractivity (Wildman–Crippen MR) is 75.9 cm³/mol. The van der Waals surface area contributed by atoms with Crippen molar-refractivity contribution in [3.05, 3.63) is 0 Å². The Bertz CT molecular complexity index is 309. The normalized spacial score (nSPS) is 29.8. The van der Waals surface area contributed by atoms with Crippen molar-refractivity contribution in [2.45, 2.75) is 76.4 Å². The maximum absolute atomic E-state index is 12.1. The molecule has 0 aromatic heterocycles. The van der Waals surface area contributed by atoms with Crippen LogP contribution >= 0.6 is 0 Å². The minimum Gasteiger partial charge on any atom is -0.396 e. The lowest BCUT2D eigenvalue weighted by Crippen LogP contribution is -2.68. The monoisotopic (exact) mass is 268 g/mol. The molecule has 4 heteroatoms. The molecule has 0 bridgehead atoms. The summed E-state index contributed by atoms with van der Waals surface area (Å²) in [5.41, 5.74) is -0.0112. The molecule has 1 saturated heterocycles. The van der Waals surface area contributed by atoms with E-state index in [4.69, 9.17) is 0 Å². The van der Waals surface area contributed by atoms with Gasteiger partial charge in [-0.25, -0.2) is 0 Å². The molecular weight excluding hydrogens is 240 g/mol. The summed E-state index contributed by atoms with van der Waals surface area (Å²) in [6, 6.07) is 0.344. The zero-order valence-electron chi connectivity index (χ0n) is 12.3. The van der Waals surface area contributed by atoms with E-state index < -0.39 is 0 Å².